The molecule has 1 aromatic carbocycles. The Morgan fingerprint density at radius 2 is 2.15 bits per heavy atom. The van der Waals surface area contributed by atoms with Gasteiger partial charge in [-0.3, -0.25) is 9.69 Å². The Balaban J connectivity index is 1.39. The average molecular weight is 386 g/mol. The first-order valence-corrected chi connectivity index (χ1v) is 10.4. The van der Waals surface area contributed by atoms with Crippen LogP contribution in [-0.2, 0) is 11.4 Å². The number of nitrogens with one attached hydrogen (secondary N) is 1. The number of rotatable bonds is 10. The van der Waals surface area contributed by atoms with Gasteiger partial charge in [-0.1, -0.05) is 19.1 Å². The van der Waals surface area contributed by atoms with Crippen LogP contribution in [0.4, 0.5) is 0 Å². The molecule has 6 heteroatoms. The number of hydrogen-bond donors (Lipinski definition) is 1. The van der Waals surface area contributed by atoms with Gasteiger partial charge in [0, 0.05) is 30.6 Å². The van der Waals surface area contributed by atoms with Crippen molar-refractivity contribution < 1.29 is 9.53 Å². The number of benzene rings is 1. The minimum Gasteiger partial charge on any atom is -0.487 e. The summed E-state index contributed by atoms with van der Waals surface area (Å²) in [5, 5.41) is 6.01. The number of aryl methyl sites for hydroxylation is 1. The maximum absolute atomic E-state index is 12.0. The second kappa shape index (κ2) is 9.67. The van der Waals surface area contributed by atoms with Crippen LogP contribution in [-0.4, -0.2) is 41.5 Å². The highest BCUT2D eigenvalue weighted by atomic mass is 32.1. The Bertz CT molecular complexity index is 766. The Morgan fingerprint density at radius 3 is 2.78 bits per heavy atom. The van der Waals surface area contributed by atoms with Crippen LogP contribution >= 0.6 is 11.3 Å². The number of carbonyl (C=O) groups is 1. The zero-order valence-electron chi connectivity index (χ0n) is 16.0. The lowest BCUT2D eigenvalue weighted by molar-refractivity contribution is -0.116. The van der Waals surface area contributed by atoms with Gasteiger partial charge in [0.1, 0.15) is 12.4 Å². The minimum atomic E-state index is -0.0546. The second-order valence-corrected chi connectivity index (χ2v) is 7.76. The fourth-order valence-electron chi connectivity index (χ4n) is 2.90. The second-order valence-electron chi connectivity index (χ2n) is 6.70. The van der Waals surface area contributed by atoms with Crippen molar-refractivity contribution >= 4 is 23.3 Å². The monoisotopic (exact) mass is 385 g/mol. The van der Waals surface area contributed by atoms with Gasteiger partial charge in [0.25, 0.3) is 0 Å². The van der Waals surface area contributed by atoms with Gasteiger partial charge >= 0.3 is 0 Å². The van der Waals surface area contributed by atoms with E-state index in [4.69, 9.17) is 4.74 Å². The average Bonchev–Trinajstić information content (AvgIpc) is 3.44. The Labute approximate surface area is 165 Å². The minimum absolute atomic E-state index is 0.0546. The van der Waals surface area contributed by atoms with Crippen molar-refractivity contribution in [2.24, 2.45) is 0 Å². The molecule has 1 aliphatic rings. The van der Waals surface area contributed by atoms with E-state index in [1.165, 1.54) is 12.8 Å². The molecule has 1 aromatic heterocycles. The van der Waals surface area contributed by atoms with Gasteiger partial charge in [-0.25, -0.2) is 4.98 Å². The van der Waals surface area contributed by atoms with Crippen LogP contribution in [0.25, 0.3) is 6.08 Å². The fourth-order valence-corrected chi connectivity index (χ4v) is 3.50. The van der Waals surface area contributed by atoms with E-state index in [1.54, 1.807) is 17.4 Å². The fraction of sp³-hybridized carbons (Fsp3) is 0.429. The van der Waals surface area contributed by atoms with Gasteiger partial charge in [0.2, 0.25) is 5.91 Å². The highest BCUT2D eigenvalue weighted by Crippen LogP contribution is 2.25. The van der Waals surface area contributed by atoms with E-state index >= 15 is 0 Å². The van der Waals surface area contributed by atoms with E-state index < -0.39 is 0 Å². The van der Waals surface area contributed by atoms with Crippen LogP contribution in [0.15, 0.2) is 35.7 Å². The molecule has 1 heterocycles. The van der Waals surface area contributed by atoms with E-state index in [9.17, 15) is 4.79 Å². The first kappa shape index (κ1) is 19.6. The van der Waals surface area contributed by atoms with Gasteiger partial charge in [0.05, 0.1) is 10.7 Å². The van der Waals surface area contributed by atoms with Gasteiger partial charge in [-0.2, -0.15) is 0 Å². The molecule has 3 rings (SSSR count). The first-order chi connectivity index (χ1) is 13.1. The van der Waals surface area contributed by atoms with Crippen LogP contribution in [0, 0.1) is 6.92 Å². The molecule has 5 nitrogen and oxygen atoms in total. The van der Waals surface area contributed by atoms with Crippen LogP contribution in [0.5, 0.6) is 5.75 Å². The number of amides is 1. The van der Waals surface area contributed by atoms with Crippen LogP contribution in [0.3, 0.4) is 0 Å². The molecule has 0 radical (unpaired) electrons. The summed E-state index contributed by atoms with van der Waals surface area (Å²) in [6.07, 6.45) is 6.00. The molecule has 27 heavy (non-hydrogen) atoms. The SMILES string of the molecule is CCN(CCNC(=O)/C=C/c1ccc(OCc2csc(C)n2)cc1)C1CC1. The number of thiazole rings is 1. The Hall–Kier alpha value is -2.18. The number of carbonyl (C=O) groups excluding carboxylic acids is 1. The Morgan fingerprint density at radius 1 is 1.37 bits per heavy atom. The molecule has 0 bridgehead atoms. The number of nitrogens with zero attached hydrogens (tertiary/aromatic N) is 2. The van der Waals surface area contributed by atoms with Crippen LogP contribution < -0.4 is 10.1 Å². The summed E-state index contributed by atoms with van der Waals surface area (Å²) < 4.78 is 5.73. The van der Waals surface area contributed by atoms with Crippen molar-refractivity contribution in [3.05, 3.63) is 52.0 Å². The van der Waals surface area contributed by atoms with Crippen molar-refractivity contribution in [2.75, 3.05) is 19.6 Å². The largest absolute Gasteiger partial charge is 0.487 e. The van der Waals surface area contributed by atoms with Crippen molar-refractivity contribution in [3.63, 3.8) is 0 Å². The van der Waals surface area contributed by atoms with Crippen molar-refractivity contribution in [2.45, 2.75) is 39.3 Å². The number of likely N-dealkylation sites (N-methyl/N-ethyl adjacent to an activating group) is 1. The summed E-state index contributed by atoms with van der Waals surface area (Å²) >= 11 is 1.62. The van der Waals surface area contributed by atoms with E-state index in [-0.39, 0.29) is 5.91 Å². The van der Waals surface area contributed by atoms with E-state index in [2.05, 4.69) is 22.1 Å². The van der Waals surface area contributed by atoms with Crippen LogP contribution in [0.2, 0.25) is 0 Å². The zero-order chi connectivity index (χ0) is 19.1. The number of ether oxygens (including phenoxy) is 1. The third-order valence-electron chi connectivity index (χ3n) is 4.53. The van der Waals surface area contributed by atoms with Gasteiger partial charge in [-0.15, -0.1) is 11.3 Å². The van der Waals surface area contributed by atoms with Crippen LogP contribution in [0.1, 0.15) is 36.0 Å². The van der Waals surface area contributed by atoms with Crippen molar-refractivity contribution in [1.82, 2.24) is 15.2 Å². The number of hydrogen-bond acceptors (Lipinski definition) is 5. The third kappa shape index (κ3) is 6.48. The standard InChI is InChI=1S/C21H27N3O2S/c1-3-24(19-7-8-19)13-12-22-21(25)11-6-17-4-9-20(10-5-17)26-14-18-15-27-16(2)23-18/h4-6,9-11,15,19H,3,7-8,12-14H2,1-2H3,(H,22,25)/b11-6+. The first-order valence-electron chi connectivity index (χ1n) is 9.48. The third-order valence-corrected chi connectivity index (χ3v) is 5.35. The van der Waals surface area contributed by atoms with E-state index in [1.807, 2.05) is 42.6 Å². The highest BCUT2D eigenvalue weighted by molar-refractivity contribution is 7.09. The topological polar surface area (TPSA) is 54.5 Å². The smallest absolute Gasteiger partial charge is 0.244 e. The summed E-state index contributed by atoms with van der Waals surface area (Å²) in [5.41, 5.74) is 1.91. The molecule has 0 unspecified atom stereocenters. The molecule has 0 spiro atoms. The maximum Gasteiger partial charge on any atom is 0.244 e. The van der Waals surface area contributed by atoms with Crippen molar-refractivity contribution in [3.8, 4) is 5.75 Å². The summed E-state index contributed by atoms with van der Waals surface area (Å²) in [6, 6.07) is 8.44. The molecule has 0 saturated heterocycles. The molecule has 1 aliphatic carbocycles. The summed E-state index contributed by atoms with van der Waals surface area (Å²) in [5.74, 6) is 0.739. The lowest BCUT2D eigenvalue weighted by Gasteiger charge is -2.19. The molecule has 0 aliphatic heterocycles. The molecular formula is C21H27N3O2S. The lowest BCUT2D eigenvalue weighted by Crippen LogP contribution is -2.35. The Kier molecular flexibility index (Phi) is 7.01. The summed E-state index contributed by atoms with van der Waals surface area (Å²) in [7, 11) is 0. The predicted octanol–water partition coefficient (Wildman–Crippen LogP) is 3.64. The summed E-state index contributed by atoms with van der Waals surface area (Å²) in [6.45, 7) is 7.29. The molecule has 0 atom stereocenters. The summed E-state index contributed by atoms with van der Waals surface area (Å²) in [4.78, 5) is 18.8. The molecule has 1 fully saturated rings. The predicted molar refractivity (Wildman–Crippen MR) is 110 cm³/mol. The molecule has 1 saturated carbocycles. The normalized spacial score (nSPS) is 14.0. The molecular weight excluding hydrogens is 358 g/mol. The van der Waals surface area contributed by atoms with Gasteiger partial charge in [0.15, 0.2) is 0 Å². The number of aromatic nitrogens is 1. The quantitative estimate of drug-likeness (QED) is 0.635. The molecule has 1 N–H and O–H groups in total. The van der Waals surface area contributed by atoms with Gasteiger partial charge < -0.3 is 10.1 Å². The highest BCUT2D eigenvalue weighted by Gasteiger charge is 2.27. The molecule has 144 valence electrons. The maximum atomic E-state index is 12.0. The van der Waals surface area contributed by atoms with E-state index in [0.717, 1.165) is 41.1 Å². The molecule has 1 amide bonds. The van der Waals surface area contributed by atoms with E-state index in [0.29, 0.717) is 13.2 Å². The lowest BCUT2D eigenvalue weighted by atomic mass is 10.2. The van der Waals surface area contributed by atoms with Gasteiger partial charge in [-0.05, 0) is 50.1 Å². The molecule has 2 aromatic rings. The zero-order valence-corrected chi connectivity index (χ0v) is 16.8. The van der Waals surface area contributed by atoms with Crippen molar-refractivity contribution in [1.29, 1.82) is 0 Å².